The zero-order valence-corrected chi connectivity index (χ0v) is 16.9. The van der Waals surface area contributed by atoms with E-state index in [1.165, 1.54) is 6.07 Å². The molecule has 0 aliphatic rings. The first kappa shape index (κ1) is 22.1. The second-order valence-corrected chi connectivity index (χ2v) is 5.23. The molecule has 0 amide bonds. The maximum absolute atomic E-state index is 12.5. The van der Waals surface area contributed by atoms with Crippen molar-refractivity contribution < 1.29 is 13.5 Å². The lowest BCUT2D eigenvalue weighted by molar-refractivity contribution is -0.0504. The second kappa shape index (κ2) is 12.4. The third-order valence-corrected chi connectivity index (χ3v) is 3.36. The highest BCUT2D eigenvalue weighted by Gasteiger charge is 2.08. The average molecular weight is 479 g/mol. The minimum Gasteiger partial charge on any atom is -0.434 e. The van der Waals surface area contributed by atoms with Gasteiger partial charge in [-0.3, -0.25) is 4.68 Å². The highest BCUT2D eigenvalue weighted by molar-refractivity contribution is 14.0. The fraction of sp³-hybridized carbons (Fsp3) is 0.412. The number of benzene rings is 1. The number of para-hydroxylation sites is 1. The molecule has 0 spiro atoms. The van der Waals surface area contributed by atoms with Crippen molar-refractivity contribution in [2.45, 2.75) is 33.0 Å². The number of aliphatic imine (C=N–C) groups is 1. The number of aryl methyl sites for hydroxylation is 1. The number of nitrogens with one attached hydrogen (secondary N) is 2. The number of nitrogens with zero attached hydrogens (tertiary/aromatic N) is 3. The Labute approximate surface area is 169 Å². The van der Waals surface area contributed by atoms with Crippen LogP contribution in [0, 0.1) is 0 Å². The Morgan fingerprint density at radius 3 is 2.77 bits per heavy atom. The summed E-state index contributed by atoms with van der Waals surface area (Å²) < 4.78 is 31.3. The number of ether oxygens (including phenoxy) is 1. The molecule has 0 fully saturated rings. The second-order valence-electron chi connectivity index (χ2n) is 5.23. The van der Waals surface area contributed by atoms with Crippen LogP contribution in [0.4, 0.5) is 8.78 Å². The summed E-state index contributed by atoms with van der Waals surface area (Å²) in [5, 5.41) is 10.5. The van der Waals surface area contributed by atoms with Crippen LogP contribution in [0.2, 0.25) is 0 Å². The molecule has 0 radical (unpaired) electrons. The number of hydrogen-bond acceptors (Lipinski definition) is 3. The summed E-state index contributed by atoms with van der Waals surface area (Å²) in [5.41, 5.74) is 0.608. The highest BCUT2D eigenvalue weighted by atomic mass is 127. The van der Waals surface area contributed by atoms with Crippen molar-refractivity contribution in [2.75, 3.05) is 13.1 Å². The Morgan fingerprint density at radius 1 is 1.27 bits per heavy atom. The quantitative estimate of drug-likeness (QED) is 0.251. The molecule has 1 heterocycles. The molecule has 2 N–H and O–H groups in total. The van der Waals surface area contributed by atoms with Gasteiger partial charge in [0, 0.05) is 37.6 Å². The summed E-state index contributed by atoms with van der Waals surface area (Å²) in [6.07, 6.45) is 4.55. The van der Waals surface area contributed by atoms with E-state index in [0.29, 0.717) is 18.1 Å². The minimum atomic E-state index is -2.85. The number of alkyl halides is 2. The van der Waals surface area contributed by atoms with Gasteiger partial charge in [0.2, 0.25) is 0 Å². The molecule has 2 aromatic rings. The van der Waals surface area contributed by atoms with Gasteiger partial charge in [-0.25, -0.2) is 4.99 Å². The minimum absolute atomic E-state index is 0. The zero-order chi connectivity index (χ0) is 17.9. The van der Waals surface area contributed by atoms with Crippen molar-refractivity contribution in [3.63, 3.8) is 0 Å². The molecule has 0 atom stereocenters. The fourth-order valence-corrected chi connectivity index (χ4v) is 2.23. The first-order valence-corrected chi connectivity index (χ1v) is 8.21. The van der Waals surface area contributed by atoms with Gasteiger partial charge in [0.15, 0.2) is 5.96 Å². The molecule has 0 saturated carbocycles. The van der Waals surface area contributed by atoms with Gasteiger partial charge in [-0.15, -0.1) is 24.0 Å². The molecule has 0 unspecified atom stereocenters. The maximum atomic E-state index is 12.5. The molecule has 26 heavy (non-hydrogen) atoms. The van der Waals surface area contributed by atoms with E-state index in [9.17, 15) is 8.78 Å². The Hall–Kier alpha value is -1.91. The van der Waals surface area contributed by atoms with Crippen molar-refractivity contribution in [3.05, 3.63) is 48.3 Å². The third kappa shape index (κ3) is 7.98. The molecule has 1 aromatic carbocycles. The van der Waals surface area contributed by atoms with Gasteiger partial charge in [0.25, 0.3) is 0 Å². The van der Waals surface area contributed by atoms with E-state index in [2.05, 4.69) is 25.5 Å². The summed E-state index contributed by atoms with van der Waals surface area (Å²) in [6.45, 7) is 1.61. The molecule has 0 saturated heterocycles. The number of rotatable bonds is 9. The van der Waals surface area contributed by atoms with Crippen LogP contribution >= 0.6 is 24.0 Å². The topological polar surface area (TPSA) is 63.5 Å². The summed E-state index contributed by atoms with van der Waals surface area (Å²) in [6, 6.07) is 8.55. The van der Waals surface area contributed by atoms with E-state index < -0.39 is 6.61 Å². The zero-order valence-electron chi connectivity index (χ0n) is 14.6. The summed E-state index contributed by atoms with van der Waals surface area (Å²) in [7, 11) is 0. The number of hydrogen-bond donors (Lipinski definition) is 2. The van der Waals surface area contributed by atoms with Crippen LogP contribution in [0.3, 0.4) is 0 Å². The van der Waals surface area contributed by atoms with E-state index in [1.807, 2.05) is 23.9 Å². The summed E-state index contributed by atoms with van der Waals surface area (Å²) >= 11 is 0. The van der Waals surface area contributed by atoms with Gasteiger partial charge in [-0.2, -0.15) is 13.9 Å². The Morgan fingerprint density at radius 2 is 2.08 bits per heavy atom. The van der Waals surface area contributed by atoms with Gasteiger partial charge in [0.1, 0.15) is 5.75 Å². The van der Waals surface area contributed by atoms with Crippen molar-refractivity contribution in [2.24, 2.45) is 4.99 Å². The van der Waals surface area contributed by atoms with Gasteiger partial charge in [0.05, 0.1) is 6.54 Å². The monoisotopic (exact) mass is 479 g/mol. The molecular weight excluding hydrogens is 455 g/mol. The molecule has 6 nitrogen and oxygen atoms in total. The molecule has 1 aromatic heterocycles. The Balaban J connectivity index is 0.00000338. The smallest absolute Gasteiger partial charge is 0.387 e. The first-order valence-electron chi connectivity index (χ1n) is 8.21. The maximum Gasteiger partial charge on any atom is 0.387 e. The Kier molecular flexibility index (Phi) is 10.6. The predicted molar refractivity (Wildman–Crippen MR) is 108 cm³/mol. The molecule has 0 aliphatic heterocycles. The van der Waals surface area contributed by atoms with Crippen LogP contribution in [0.15, 0.2) is 47.7 Å². The van der Waals surface area contributed by atoms with E-state index in [1.54, 1.807) is 24.4 Å². The van der Waals surface area contributed by atoms with Gasteiger partial charge < -0.3 is 15.4 Å². The number of guanidine groups is 1. The highest BCUT2D eigenvalue weighted by Crippen LogP contribution is 2.20. The van der Waals surface area contributed by atoms with Crippen molar-refractivity contribution in [1.82, 2.24) is 20.4 Å². The summed E-state index contributed by atoms with van der Waals surface area (Å²) in [4.78, 5) is 4.43. The van der Waals surface area contributed by atoms with Crippen molar-refractivity contribution >= 4 is 29.9 Å². The molecule has 9 heteroatoms. The van der Waals surface area contributed by atoms with Crippen LogP contribution in [0.5, 0.6) is 5.75 Å². The van der Waals surface area contributed by atoms with Crippen LogP contribution in [0.25, 0.3) is 0 Å². The molecule has 144 valence electrons. The van der Waals surface area contributed by atoms with Gasteiger partial charge in [-0.1, -0.05) is 18.2 Å². The average Bonchev–Trinajstić information content (AvgIpc) is 3.10. The van der Waals surface area contributed by atoms with E-state index in [-0.39, 0.29) is 36.3 Å². The predicted octanol–water partition coefficient (Wildman–Crippen LogP) is 3.25. The summed E-state index contributed by atoms with van der Waals surface area (Å²) in [5.74, 6) is 0.783. The molecule has 2 rings (SSSR count). The number of aromatic nitrogens is 2. The fourth-order valence-electron chi connectivity index (χ4n) is 2.23. The van der Waals surface area contributed by atoms with E-state index >= 15 is 0 Å². The normalized spacial score (nSPS) is 11.2. The Bertz CT molecular complexity index is 652. The van der Waals surface area contributed by atoms with Crippen molar-refractivity contribution in [1.29, 1.82) is 0 Å². The SMILES string of the molecule is CCNC(=NCc1ccccc1OC(F)F)NCCCn1cccn1.I. The lowest BCUT2D eigenvalue weighted by Crippen LogP contribution is -2.38. The standard InChI is InChI=1S/C17H23F2N5O.HI/c1-2-20-17(21-9-5-11-24-12-6-10-23-24)22-13-14-7-3-4-8-15(14)25-16(18)19;/h3-4,6-8,10,12,16H,2,5,9,11,13H2,1H3,(H2,20,21,22);1H. The lowest BCUT2D eigenvalue weighted by atomic mass is 10.2. The van der Waals surface area contributed by atoms with E-state index in [4.69, 9.17) is 0 Å². The van der Waals surface area contributed by atoms with Gasteiger partial charge in [-0.05, 0) is 25.5 Å². The van der Waals surface area contributed by atoms with Crippen LogP contribution in [0.1, 0.15) is 18.9 Å². The third-order valence-electron chi connectivity index (χ3n) is 3.36. The van der Waals surface area contributed by atoms with Crippen LogP contribution in [-0.2, 0) is 13.1 Å². The molecule has 0 bridgehead atoms. The number of halogens is 3. The van der Waals surface area contributed by atoms with Crippen LogP contribution < -0.4 is 15.4 Å². The first-order chi connectivity index (χ1) is 12.2. The van der Waals surface area contributed by atoms with Crippen LogP contribution in [-0.4, -0.2) is 35.4 Å². The van der Waals surface area contributed by atoms with Crippen molar-refractivity contribution in [3.8, 4) is 5.75 Å². The van der Waals surface area contributed by atoms with Gasteiger partial charge >= 0.3 is 6.61 Å². The largest absolute Gasteiger partial charge is 0.434 e. The van der Waals surface area contributed by atoms with E-state index in [0.717, 1.165) is 19.5 Å². The lowest BCUT2D eigenvalue weighted by Gasteiger charge is -2.12. The molecule has 0 aliphatic carbocycles. The molecular formula is C17H24F2IN5O.